The van der Waals surface area contributed by atoms with Crippen molar-refractivity contribution >= 4 is 51.3 Å². The largest absolute Gasteiger partial charge is 0.399 e. The van der Waals surface area contributed by atoms with Crippen LogP contribution in [0, 0.1) is 6.92 Å². The Balaban J connectivity index is 0.00000182. The molecular weight excluding hydrogens is 356 g/mol. The standard InChI is InChI=1S/C18H22N4OS.ClH/c1-11-16(17(23)21(2)13-6-4-3-5-7-13)24-18-20-14-9-8-12(19)10-15(14)22(11)18;/h8-10,13H,3-7,19H2,1-2H3;1H. The number of halogens is 1. The second-order valence-electron chi connectivity index (χ2n) is 6.70. The lowest BCUT2D eigenvalue weighted by Crippen LogP contribution is -2.38. The molecule has 1 saturated carbocycles. The van der Waals surface area contributed by atoms with Gasteiger partial charge in [-0.1, -0.05) is 30.6 Å². The molecule has 25 heavy (non-hydrogen) atoms. The van der Waals surface area contributed by atoms with Crippen LogP contribution in [0.3, 0.4) is 0 Å². The molecule has 4 rings (SSSR count). The number of amides is 1. The number of carbonyl (C=O) groups is 1. The maximum absolute atomic E-state index is 13.0. The van der Waals surface area contributed by atoms with E-state index in [2.05, 4.69) is 9.38 Å². The normalized spacial score (nSPS) is 15.4. The predicted molar refractivity (Wildman–Crippen MR) is 106 cm³/mol. The number of thiazole rings is 1. The first kappa shape index (κ1) is 18.0. The number of rotatable bonds is 2. The quantitative estimate of drug-likeness (QED) is 0.677. The highest BCUT2D eigenvalue weighted by Gasteiger charge is 2.27. The fourth-order valence-corrected chi connectivity index (χ4v) is 4.85. The average Bonchev–Trinajstić information content (AvgIpc) is 3.11. The van der Waals surface area contributed by atoms with Crippen molar-refractivity contribution in [3.63, 3.8) is 0 Å². The van der Waals surface area contributed by atoms with Crippen molar-refractivity contribution in [3.05, 3.63) is 28.8 Å². The molecule has 2 aromatic heterocycles. The Morgan fingerprint density at radius 3 is 2.76 bits per heavy atom. The molecule has 0 radical (unpaired) electrons. The van der Waals surface area contributed by atoms with Crippen LogP contribution in [0.1, 0.15) is 47.5 Å². The maximum atomic E-state index is 13.0. The average molecular weight is 379 g/mol. The Morgan fingerprint density at radius 2 is 2.04 bits per heavy atom. The first-order chi connectivity index (χ1) is 11.6. The van der Waals surface area contributed by atoms with Crippen LogP contribution < -0.4 is 5.73 Å². The zero-order chi connectivity index (χ0) is 16.8. The molecule has 1 aliphatic rings. The van der Waals surface area contributed by atoms with Gasteiger partial charge in [-0.15, -0.1) is 12.4 Å². The molecule has 0 atom stereocenters. The van der Waals surface area contributed by atoms with Crippen LogP contribution in [0.5, 0.6) is 0 Å². The van der Waals surface area contributed by atoms with Gasteiger partial charge in [-0.2, -0.15) is 0 Å². The molecule has 1 aliphatic carbocycles. The van der Waals surface area contributed by atoms with E-state index < -0.39 is 0 Å². The van der Waals surface area contributed by atoms with Crippen molar-refractivity contribution in [1.29, 1.82) is 0 Å². The highest BCUT2D eigenvalue weighted by molar-refractivity contribution is 7.19. The lowest BCUT2D eigenvalue weighted by Gasteiger charge is -2.31. The van der Waals surface area contributed by atoms with E-state index in [9.17, 15) is 4.79 Å². The molecule has 1 amide bonds. The fraction of sp³-hybridized carbons (Fsp3) is 0.444. The van der Waals surface area contributed by atoms with Crippen LogP contribution >= 0.6 is 23.7 Å². The molecule has 2 N–H and O–H groups in total. The number of anilines is 1. The molecule has 1 fully saturated rings. The van der Waals surface area contributed by atoms with Gasteiger partial charge in [0.2, 0.25) is 0 Å². The molecule has 0 spiro atoms. The number of hydrogen-bond donors (Lipinski definition) is 1. The Bertz CT molecular complexity index is 926. The SMILES string of the molecule is Cc1c(C(=O)N(C)C2CCCCC2)sc2nc3ccc(N)cc3n12.Cl. The number of imidazole rings is 1. The van der Waals surface area contributed by atoms with Crippen molar-refractivity contribution < 1.29 is 4.79 Å². The van der Waals surface area contributed by atoms with Crippen LogP contribution in [0.2, 0.25) is 0 Å². The molecule has 3 aromatic rings. The number of nitrogens with zero attached hydrogens (tertiary/aromatic N) is 3. The molecule has 1 aromatic carbocycles. The third-order valence-corrected chi connectivity index (χ3v) is 6.27. The summed E-state index contributed by atoms with van der Waals surface area (Å²) in [5.41, 5.74) is 9.47. The zero-order valence-electron chi connectivity index (χ0n) is 14.5. The highest BCUT2D eigenvalue weighted by atomic mass is 35.5. The maximum Gasteiger partial charge on any atom is 0.265 e. The number of fused-ring (bicyclic) bond motifs is 3. The van der Waals surface area contributed by atoms with E-state index in [4.69, 9.17) is 5.73 Å². The van der Waals surface area contributed by atoms with Gasteiger partial charge in [-0.25, -0.2) is 4.98 Å². The number of nitrogens with two attached hydrogens (primary N) is 1. The molecule has 7 heteroatoms. The minimum Gasteiger partial charge on any atom is -0.399 e. The van der Waals surface area contributed by atoms with Gasteiger partial charge in [0.15, 0.2) is 4.96 Å². The van der Waals surface area contributed by atoms with Crippen LogP contribution in [0.25, 0.3) is 16.0 Å². The minimum atomic E-state index is 0. The van der Waals surface area contributed by atoms with Gasteiger partial charge in [-0.05, 0) is 38.0 Å². The van der Waals surface area contributed by atoms with Crippen molar-refractivity contribution in [2.24, 2.45) is 0 Å². The summed E-state index contributed by atoms with van der Waals surface area (Å²) in [5, 5.41) is 0. The Hall–Kier alpha value is -1.79. The Kier molecular flexibility index (Phi) is 4.93. The number of benzene rings is 1. The Labute approximate surface area is 157 Å². The topological polar surface area (TPSA) is 63.6 Å². The van der Waals surface area contributed by atoms with E-state index in [1.807, 2.05) is 37.1 Å². The lowest BCUT2D eigenvalue weighted by atomic mass is 9.94. The summed E-state index contributed by atoms with van der Waals surface area (Å²) in [6, 6.07) is 6.08. The number of hydrogen-bond acceptors (Lipinski definition) is 4. The van der Waals surface area contributed by atoms with E-state index in [0.29, 0.717) is 11.7 Å². The first-order valence-electron chi connectivity index (χ1n) is 8.50. The molecule has 0 bridgehead atoms. The van der Waals surface area contributed by atoms with Gasteiger partial charge in [0.05, 0.1) is 11.0 Å². The zero-order valence-corrected chi connectivity index (χ0v) is 16.1. The number of carbonyl (C=O) groups excluding carboxylic acids is 1. The molecule has 2 heterocycles. The lowest BCUT2D eigenvalue weighted by molar-refractivity contribution is 0.0700. The molecule has 0 unspecified atom stereocenters. The number of aromatic nitrogens is 2. The van der Waals surface area contributed by atoms with Gasteiger partial charge in [0.25, 0.3) is 5.91 Å². The van der Waals surface area contributed by atoms with Gasteiger partial charge < -0.3 is 10.6 Å². The van der Waals surface area contributed by atoms with Gasteiger partial charge in [0.1, 0.15) is 4.88 Å². The minimum absolute atomic E-state index is 0. The van der Waals surface area contributed by atoms with Crippen LogP contribution in [0.4, 0.5) is 5.69 Å². The fourth-order valence-electron chi connectivity index (χ4n) is 3.72. The first-order valence-corrected chi connectivity index (χ1v) is 9.32. The summed E-state index contributed by atoms with van der Waals surface area (Å²) in [6.07, 6.45) is 5.96. The molecule has 134 valence electrons. The predicted octanol–water partition coefficient (Wildman–Crippen LogP) is 4.27. The highest BCUT2D eigenvalue weighted by Crippen LogP contribution is 2.31. The molecule has 0 aliphatic heterocycles. The van der Waals surface area contributed by atoms with Crippen molar-refractivity contribution in [2.45, 2.75) is 45.1 Å². The third-order valence-electron chi connectivity index (χ3n) is 5.14. The summed E-state index contributed by atoms with van der Waals surface area (Å²) in [5.74, 6) is 0.118. The van der Waals surface area contributed by atoms with E-state index in [1.165, 1.54) is 30.6 Å². The van der Waals surface area contributed by atoms with E-state index in [1.54, 1.807) is 0 Å². The summed E-state index contributed by atoms with van der Waals surface area (Å²) in [4.78, 5) is 21.2. The van der Waals surface area contributed by atoms with Gasteiger partial charge >= 0.3 is 0 Å². The molecule has 0 saturated heterocycles. The second kappa shape index (κ2) is 6.84. The van der Waals surface area contributed by atoms with Crippen LogP contribution in [-0.2, 0) is 0 Å². The summed E-state index contributed by atoms with van der Waals surface area (Å²) >= 11 is 1.48. The van der Waals surface area contributed by atoms with Crippen molar-refractivity contribution in [1.82, 2.24) is 14.3 Å². The van der Waals surface area contributed by atoms with E-state index in [-0.39, 0.29) is 18.3 Å². The second-order valence-corrected chi connectivity index (χ2v) is 7.68. The summed E-state index contributed by atoms with van der Waals surface area (Å²) in [6.45, 7) is 2.00. The molecule has 5 nitrogen and oxygen atoms in total. The third kappa shape index (κ3) is 2.98. The number of nitrogen functional groups attached to an aromatic ring is 1. The number of aryl methyl sites for hydroxylation is 1. The monoisotopic (exact) mass is 378 g/mol. The van der Waals surface area contributed by atoms with E-state index in [0.717, 1.165) is 39.4 Å². The Morgan fingerprint density at radius 1 is 1.32 bits per heavy atom. The summed E-state index contributed by atoms with van der Waals surface area (Å²) in [7, 11) is 1.94. The smallest absolute Gasteiger partial charge is 0.265 e. The van der Waals surface area contributed by atoms with Crippen LogP contribution in [-0.4, -0.2) is 33.3 Å². The van der Waals surface area contributed by atoms with Crippen molar-refractivity contribution in [3.8, 4) is 0 Å². The van der Waals surface area contributed by atoms with Crippen molar-refractivity contribution in [2.75, 3.05) is 12.8 Å². The van der Waals surface area contributed by atoms with Gasteiger partial charge in [0, 0.05) is 24.5 Å². The van der Waals surface area contributed by atoms with E-state index >= 15 is 0 Å². The van der Waals surface area contributed by atoms with Gasteiger partial charge in [-0.3, -0.25) is 9.20 Å². The van der Waals surface area contributed by atoms with Crippen LogP contribution in [0.15, 0.2) is 18.2 Å². The summed E-state index contributed by atoms with van der Waals surface area (Å²) < 4.78 is 2.05. The molecular formula is C18H23ClN4OS.